The Morgan fingerprint density at radius 2 is 1.78 bits per heavy atom. The van der Waals surface area contributed by atoms with Crippen molar-refractivity contribution in [3.05, 3.63) is 29.8 Å². The van der Waals surface area contributed by atoms with Crippen molar-refractivity contribution in [1.82, 2.24) is 9.21 Å². The first-order chi connectivity index (χ1) is 13.0. The number of carbonyl (C=O) groups excluding carboxylic acids is 1. The van der Waals surface area contributed by atoms with Gasteiger partial charge in [0, 0.05) is 32.1 Å². The average molecular weight is 395 g/mol. The quantitative estimate of drug-likeness (QED) is 0.712. The van der Waals surface area contributed by atoms with Crippen LogP contribution in [0.25, 0.3) is 0 Å². The zero-order valence-corrected chi connectivity index (χ0v) is 16.9. The predicted molar refractivity (Wildman–Crippen MR) is 104 cm³/mol. The van der Waals surface area contributed by atoms with E-state index >= 15 is 0 Å². The first-order valence-electron chi connectivity index (χ1n) is 9.98. The molecule has 1 saturated carbocycles. The second-order valence-corrected chi connectivity index (χ2v) is 9.22. The molecule has 2 fully saturated rings. The number of amides is 1. The molecule has 1 aliphatic heterocycles. The Hall–Kier alpha value is -1.44. The molecular weight excluding hydrogens is 364 g/mol. The smallest absolute Gasteiger partial charge is 0.243 e. The zero-order valence-electron chi connectivity index (χ0n) is 16.1. The first kappa shape index (κ1) is 20.3. The summed E-state index contributed by atoms with van der Waals surface area (Å²) in [5, 5.41) is 0. The van der Waals surface area contributed by atoms with E-state index in [4.69, 9.17) is 4.74 Å². The number of nitrogens with zero attached hydrogens (tertiary/aromatic N) is 2. The maximum absolute atomic E-state index is 12.6. The fourth-order valence-electron chi connectivity index (χ4n) is 4.01. The standard InChI is InChI=1S/C20H30N2O4S/c1-2-22(18-5-3-4-6-18)20(23)12-9-17-7-10-19(11-8-17)27(24,25)21-13-15-26-16-14-21/h7-8,10-11,18H,2-6,9,12-16H2,1H3. The monoisotopic (exact) mass is 394 g/mol. The van der Waals surface area contributed by atoms with E-state index < -0.39 is 10.0 Å². The first-order valence-corrected chi connectivity index (χ1v) is 11.4. The summed E-state index contributed by atoms with van der Waals surface area (Å²) >= 11 is 0. The molecule has 2 aliphatic rings. The van der Waals surface area contributed by atoms with Crippen LogP contribution in [0.2, 0.25) is 0 Å². The van der Waals surface area contributed by atoms with Crippen LogP contribution >= 0.6 is 0 Å². The van der Waals surface area contributed by atoms with E-state index in [-0.39, 0.29) is 5.91 Å². The largest absolute Gasteiger partial charge is 0.379 e. The minimum Gasteiger partial charge on any atom is -0.379 e. The van der Waals surface area contributed by atoms with E-state index in [2.05, 4.69) is 0 Å². The number of sulfonamides is 1. The number of morpholine rings is 1. The number of aryl methyl sites for hydroxylation is 1. The molecule has 0 unspecified atom stereocenters. The van der Waals surface area contributed by atoms with Crippen molar-refractivity contribution in [2.75, 3.05) is 32.8 Å². The summed E-state index contributed by atoms with van der Waals surface area (Å²) in [6.07, 6.45) is 5.78. The van der Waals surface area contributed by atoms with Gasteiger partial charge in [-0.3, -0.25) is 4.79 Å². The number of benzene rings is 1. The van der Waals surface area contributed by atoms with Gasteiger partial charge < -0.3 is 9.64 Å². The van der Waals surface area contributed by atoms with Crippen LogP contribution in [0.15, 0.2) is 29.2 Å². The highest BCUT2D eigenvalue weighted by atomic mass is 32.2. The van der Waals surface area contributed by atoms with Gasteiger partial charge in [0.25, 0.3) is 0 Å². The third kappa shape index (κ3) is 4.89. The van der Waals surface area contributed by atoms with Crippen LogP contribution < -0.4 is 0 Å². The molecular formula is C20H30N2O4S. The van der Waals surface area contributed by atoms with Crippen molar-refractivity contribution in [3.8, 4) is 0 Å². The Morgan fingerprint density at radius 1 is 1.15 bits per heavy atom. The van der Waals surface area contributed by atoms with Crippen LogP contribution in [-0.4, -0.2) is 62.4 Å². The predicted octanol–water partition coefficient (Wildman–Crippen LogP) is 2.43. The highest BCUT2D eigenvalue weighted by Gasteiger charge is 2.27. The van der Waals surface area contributed by atoms with E-state index in [1.807, 2.05) is 24.0 Å². The van der Waals surface area contributed by atoms with Gasteiger partial charge in [0.1, 0.15) is 0 Å². The lowest BCUT2D eigenvalue weighted by Gasteiger charge is -2.27. The summed E-state index contributed by atoms with van der Waals surface area (Å²) in [6, 6.07) is 7.36. The molecule has 1 saturated heterocycles. The fraction of sp³-hybridized carbons (Fsp3) is 0.650. The van der Waals surface area contributed by atoms with Crippen molar-refractivity contribution >= 4 is 15.9 Å². The summed E-state index contributed by atoms with van der Waals surface area (Å²) in [6.45, 7) is 4.48. The molecule has 0 radical (unpaired) electrons. The third-order valence-electron chi connectivity index (χ3n) is 5.59. The lowest BCUT2D eigenvalue weighted by molar-refractivity contribution is -0.133. The molecule has 0 aromatic heterocycles. The summed E-state index contributed by atoms with van der Waals surface area (Å²) in [5.74, 6) is 0.203. The second-order valence-electron chi connectivity index (χ2n) is 7.28. The topological polar surface area (TPSA) is 66.9 Å². The molecule has 150 valence electrons. The Morgan fingerprint density at radius 3 is 2.37 bits per heavy atom. The number of carbonyl (C=O) groups is 1. The highest BCUT2D eigenvalue weighted by Crippen LogP contribution is 2.24. The Bertz CT molecular complexity index is 721. The third-order valence-corrected chi connectivity index (χ3v) is 7.50. The summed E-state index contributed by atoms with van der Waals surface area (Å²) in [5.41, 5.74) is 0.992. The van der Waals surface area contributed by atoms with Gasteiger partial charge in [0.05, 0.1) is 18.1 Å². The van der Waals surface area contributed by atoms with Crippen LogP contribution in [-0.2, 0) is 26.0 Å². The zero-order chi connectivity index (χ0) is 19.3. The van der Waals surface area contributed by atoms with Crippen LogP contribution in [0.3, 0.4) is 0 Å². The summed E-state index contributed by atoms with van der Waals surface area (Å²) in [4.78, 5) is 14.9. The van der Waals surface area contributed by atoms with Gasteiger partial charge in [-0.05, 0) is 43.9 Å². The molecule has 1 aliphatic carbocycles. The molecule has 1 amide bonds. The molecule has 1 aromatic rings. The number of ether oxygens (including phenoxy) is 1. The van der Waals surface area contributed by atoms with Crippen LogP contribution in [0, 0.1) is 0 Å². The number of hydrogen-bond acceptors (Lipinski definition) is 4. The molecule has 0 bridgehead atoms. The summed E-state index contributed by atoms with van der Waals surface area (Å²) in [7, 11) is -3.46. The van der Waals surface area contributed by atoms with Gasteiger partial charge in [-0.1, -0.05) is 25.0 Å². The fourth-order valence-corrected chi connectivity index (χ4v) is 5.42. The summed E-state index contributed by atoms with van der Waals surface area (Å²) < 4.78 is 32.0. The van der Waals surface area contributed by atoms with Gasteiger partial charge >= 0.3 is 0 Å². The normalized spacial score (nSPS) is 19.3. The van der Waals surface area contributed by atoms with E-state index in [1.54, 1.807) is 12.1 Å². The van der Waals surface area contributed by atoms with E-state index in [1.165, 1.54) is 17.1 Å². The average Bonchev–Trinajstić information content (AvgIpc) is 3.22. The maximum atomic E-state index is 12.6. The van der Waals surface area contributed by atoms with Crippen molar-refractivity contribution in [2.45, 2.75) is 56.4 Å². The van der Waals surface area contributed by atoms with Crippen molar-refractivity contribution in [1.29, 1.82) is 0 Å². The minimum atomic E-state index is -3.46. The molecule has 6 nitrogen and oxygen atoms in total. The molecule has 1 heterocycles. The van der Waals surface area contributed by atoms with E-state index in [9.17, 15) is 13.2 Å². The Labute approximate surface area is 162 Å². The van der Waals surface area contributed by atoms with Gasteiger partial charge in [-0.15, -0.1) is 0 Å². The Kier molecular flexibility index (Phi) is 6.89. The van der Waals surface area contributed by atoms with Gasteiger partial charge in [-0.25, -0.2) is 8.42 Å². The van der Waals surface area contributed by atoms with Crippen molar-refractivity contribution < 1.29 is 17.9 Å². The van der Waals surface area contributed by atoms with Crippen LogP contribution in [0.1, 0.15) is 44.6 Å². The molecule has 1 aromatic carbocycles. The molecule has 3 rings (SSSR count). The van der Waals surface area contributed by atoms with Crippen molar-refractivity contribution in [2.24, 2.45) is 0 Å². The maximum Gasteiger partial charge on any atom is 0.243 e. The molecule has 7 heteroatoms. The minimum absolute atomic E-state index is 0.203. The molecule has 0 atom stereocenters. The molecule has 0 spiro atoms. The van der Waals surface area contributed by atoms with Gasteiger partial charge in [-0.2, -0.15) is 4.31 Å². The molecule has 27 heavy (non-hydrogen) atoms. The lowest BCUT2D eigenvalue weighted by atomic mass is 10.1. The Balaban J connectivity index is 1.58. The van der Waals surface area contributed by atoms with Gasteiger partial charge in [0.15, 0.2) is 0 Å². The highest BCUT2D eigenvalue weighted by molar-refractivity contribution is 7.89. The SMILES string of the molecule is CCN(C(=O)CCc1ccc(S(=O)(=O)N2CCOCC2)cc1)C1CCCC1. The second kappa shape index (κ2) is 9.17. The van der Waals surface area contributed by atoms with E-state index in [0.29, 0.717) is 50.1 Å². The molecule has 0 N–H and O–H groups in total. The number of hydrogen-bond donors (Lipinski definition) is 0. The van der Waals surface area contributed by atoms with Crippen LogP contribution in [0.5, 0.6) is 0 Å². The van der Waals surface area contributed by atoms with E-state index in [0.717, 1.165) is 24.9 Å². The van der Waals surface area contributed by atoms with Crippen LogP contribution in [0.4, 0.5) is 0 Å². The van der Waals surface area contributed by atoms with Gasteiger partial charge in [0.2, 0.25) is 15.9 Å². The van der Waals surface area contributed by atoms with Crippen molar-refractivity contribution in [3.63, 3.8) is 0 Å². The number of rotatable bonds is 7. The lowest BCUT2D eigenvalue weighted by Crippen LogP contribution is -2.40.